The Morgan fingerprint density at radius 1 is 0.656 bits per heavy atom. The van der Waals surface area contributed by atoms with Gasteiger partial charge in [0.05, 0.1) is 30.5 Å². The second-order valence-electron chi connectivity index (χ2n) is 12.7. The molecule has 13 nitrogen and oxygen atoms in total. The number of esters is 1. The monoisotopic (exact) mass is 1470 g/mol. The van der Waals surface area contributed by atoms with Crippen molar-refractivity contribution >= 4 is 160 Å². The number of Topliss-reactive ketones (excluding diaryl/α,β-unsaturated/α-hetero) is 1. The van der Waals surface area contributed by atoms with E-state index in [1.54, 1.807) is 43.3 Å². The van der Waals surface area contributed by atoms with Crippen LogP contribution in [-0.2, 0) is 53.6 Å². The highest BCUT2D eigenvalue weighted by atomic mass is 128. The normalized spacial score (nSPS) is 13.0. The lowest BCUT2D eigenvalue weighted by atomic mass is 10.1. The van der Waals surface area contributed by atoms with E-state index in [0.29, 0.717) is 24.2 Å². The summed E-state index contributed by atoms with van der Waals surface area (Å²) < 4.78 is 63.1. The maximum absolute atomic E-state index is 12.3. The number of nitrogens with two attached hydrogens (primary N) is 1. The molecule has 0 fully saturated rings. The number of para-hydroxylation sites is 2. The van der Waals surface area contributed by atoms with Crippen molar-refractivity contribution < 1.29 is 31.2 Å². The molecule has 64 heavy (non-hydrogen) atoms. The summed E-state index contributed by atoms with van der Waals surface area (Å²) in [5, 5.41) is 13.9. The molecule has 0 saturated carbocycles. The van der Waals surface area contributed by atoms with Gasteiger partial charge in [0.25, 0.3) is 20.0 Å². The number of amidine groups is 2. The molecule has 20 heteroatoms. The number of hydrogen-bond acceptors (Lipinski definition) is 11. The number of ketones is 1. The number of ether oxygens (including phenoxy) is 1. The van der Waals surface area contributed by atoms with Crippen molar-refractivity contribution in [3.05, 3.63) is 149 Å². The van der Waals surface area contributed by atoms with E-state index < -0.39 is 26.0 Å². The van der Waals surface area contributed by atoms with E-state index in [1.165, 1.54) is 30.4 Å². The summed E-state index contributed by atoms with van der Waals surface area (Å²) in [5.41, 5.74) is 9.80. The van der Waals surface area contributed by atoms with Gasteiger partial charge in [0.2, 0.25) is 5.84 Å². The zero-order chi connectivity index (χ0) is 46.4. The molecule has 2 aliphatic rings. The molecular weight excluding hydrogens is 1420 g/mol. The Bertz CT molecular complexity index is 2680. The number of carbonyl (C=O) groups excluding carboxylic acids is 2. The van der Waals surface area contributed by atoms with Gasteiger partial charge in [-0.05, 0) is 160 Å². The van der Waals surface area contributed by atoms with Gasteiger partial charge in [-0.3, -0.25) is 4.79 Å². The number of carbonyl (C=O) groups is 2. The van der Waals surface area contributed by atoms with E-state index in [9.17, 15) is 26.4 Å². The molecule has 0 aliphatic carbocycles. The molecule has 2 heterocycles. The van der Waals surface area contributed by atoms with Crippen LogP contribution in [0.5, 0.6) is 0 Å². The van der Waals surface area contributed by atoms with Crippen LogP contribution in [0.15, 0.2) is 140 Å². The number of anilines is 2. The van der Waals surface area contributed by atoms with Gasteiger partial charge < -0.3 is 21.1 Å². The van der Waals surface area contributed by atoms with E-state index in [1.807, 2.05) is 60.7 Å². The summed E-state index contributed by atoms with van der Waals surface area (Å²) in [6.45, 7) is 2.52. The van der Waals surface area contributed by atoms with Crippen molar-refractivity contribution in [2.45, 2.75) is 56.2 Å². The van der Waals surface area contributed by atoms with E-state index in [0.717, 1.165) is 28.5 Å². The summed E-state index contributed by atoms with van der Waals surface area (Å²) in [5.74, 6) is -1.49. The average molecular weight is 1470 g/mol. The second-order valence-corrected chi connectivity index (χ2v) is 19.3. The second kappa shape index (κ2) is 29.7. The fourth-order valence-electron chi connectivity index (χ4n) is 5.48. The van der Waals surface area contributed by atoms with Crippen LogP contribution < -0.4 is 16.4 Å². The maximum Gasteiger partial charge on any atom is 0.375 e. The summed E-state index contributed by atoms with van der Waals surface area (Å²) in [4.78, 5) is 23.9. The molecule has 5 aromatic carbocycles. The lowest BCUT2D eigenvalue weighted by Crippen LogP contribution is -2.30. The average Bonchev–Trinajstić information content (AvgIpc) is 3.27. The first-order valence-electron chi connectivity index (χ1n) is 18.7. The highest BCUT2D eigenvalue weighted by Gasteiger charge is 2.29. The number of rotatable bonds is 10. The first kappa shape index (κ1) is 57.3. The SMILES string of the molecule is C.CCOC(=O)C1=NS(=O)(=O)c2ccccc2N1.II.N#CCc1ccccc1I.NCCc1ccccc1I.O=C(CCCc1ccccc1I)C1=NS(=O)(=O)c2ccccc2N1. The molecule has 2 aliphatic heterocycles. The Labute approximate surface area is 440 Å². The molecule has 0 aromatic heterocycles. The van der Waals surface area contributed by atoms with Gasteiger partial charge in [0.1, 0.15) is 9.79 Å². The number of benzene rings is 5. The van der Waals surface area contributed by atoms with E-state index in [-0.39, 0.29) is 47.7 Å². The van der Waals surface area contributed by atoms with Gasteiger partial charge in [-0.15, -0.1) is 8.80 Å². The topological polar surface area (TPSA) is 210 Å². The highest BCUT2D eigenvalue weighted by molar-refractivity contribution is 15.0. The molecule has 5 aromatic rings. The molecule has 0 atom stereocenters. The number of halogens is 5. The molecule has 0 radical (unpaired) electrons. The third kappa shape index (κ3) is 18.1. The molecule has 340 valence electrons. The molecule has 4 N–H and O–H groups in total. The third-order valence-electron chi connectivity index (χ3n) is 8.40. The maximum atomic E-state index is 12.3. The predicted molar refractivity (Wildman–Crippen MR) is 298 cm³/mol. The largest absolute Gasteiger partial charge is 0.460 e. The zero-order valence-electron chi connectivity index (χ0n) is 33.5. The van der Waals surface area contributed by atoms with E-state index >= 15 is 0 Å². The smallest absolute Gasteiger partial charge is 0.375 e. The fraction of sp³-hybridized carbons (Fsp3) is 0.205. The number of nitrogens with one attached hydrogen (secondary N) is 2. The van der Waals surface area contributed by atoms with Gasteiger partial charge in [-0.2, -0.15) is 22.1 Å². The zero-order valence-corrected chi connectivity index (χ0v) is 45.9. The van der Waals surface area contributed by atoms with E-state index in [2.05, 4.69) is 143 Å². The summed E-state index contributed by atoms with van der Waals surface area (Å²) in [6.07, 6.45) is 3.15. The van der Waals surface area contributed by atoms with Crippen LogP contribution in [-0.4, -0.2) is 53.4 Å². The number of fused-ring (bicyclic) bond motifs is 2. The summed E-state index contributed by atoms with van der Waals surface area (Å²) in [7, 11) is -7.65. The lowest BCUT2D eigenvalue weighted by Gasteiger charge is -2.17. The first-order valence-corrected chi connectivity index (χ1v) is 31.1. The molecule has 0 bridgehead atoms. The Balaban J connectivity index is 0.000000308. The van der Waals surface area contributed by atoms with Crippen LogP contribution >= 0.6 is 105 Å². The quantitative estimate of drug-likeness (QED) is 0.0884. The van der Waals surface area contributed by atoms with Crippen LogP contribution in [0, 0.1) is 22.0 Å². The van der Waals surface area contributed by atoms with Gasteiger partial charge >= 0.3 is 5.97 Å². The molecular formula is C44H45I5N6O7S2. The van der Waals surface area contributed by atoms with E-state index in [4.69, 9.17) is 15.7 Å². The van der Waals surface area contributed by atoms with Crippen LogP contribution in [0.1, 0.15) is 43.9 Å². The molecule has 0 saturated heterocycles. The predicted octanol–water partition coefficient (Wildman–Crippen LogP) is 10.7. The summed E-state index contributed by atoms with van der Waals surface area (Å²) in [6, 6.07) is 39.0. The van der Waals surface area contributed by atoms with Crippen LogP contribution in [0.25, 0.3) is 0 Å². The highest BCUT2D eigenvalue weighted by Crippen LogP contribution is 2.28. The molecule has 7 rings (SSSR count). The Morgan fingerprint density at radius 3 is 1.52 bits per heavy atom. The van der Waals surface area contributed by atoms with Crippen molar-refractivity contribution in [2.24, 2.45) is 14.5 Å². The standard InChI is InChI=1S/C17H15IN2O3S.C10H10N2O4S.C8H10IN.C8H6IN.CH4.I2/c18-13-8-2-1-6-12(13)7-5-10-15(21)17-19-14-9-3-4-11-16(14)24(22,23)20-17;1-2-16-10(13)9-11-7-5-3-4-6-8(7)17(14,15)12-9;2*9-8-4-2-1-3-7(8)5-6-10;;1-2/h1-4,6,8-9,11H,5,7,10H2,(H,19,20);3-6H,2H2,1H3,(H,11,12);1-4H,5-6,10H2;1-4H,5H2;1H4;. The first-order chi connectivity index (χ1) is 30.2. The Kier molecular flexibility index (Phi) is 26.6. The van der Waals surface area contributed by atoms with Crippen molar-refractivity contribution in [1.82, 2.24) is 0 Å². The molecule has 0 spiro atoms. The Hall–Kier alpha value is -2.82. The Morgan fingerprint density at radius 2 is 1.06 bits per heavy atom. The summed E-state index contributed by atoms with van der Waals surface area (Å²) >= 11 is 11.1. The number of sulfonamides is 2. The minimum Gasteiger partial charge on any atom is -0.460 e. The van der Waals surface area contributed by atoms with Gasteiger partial charge in [0.15, 0.2) is 11.6 Å². The lowest BCUT2D eigenvalue weighted by molar-refractivity contribution is -0.135. The van der Waals surface area contributed by atoms with Gasteiger partial charge in [0, 0.05) is 54.4 Å². The minimum atomic E-state index is -3.83. The number of aryl methyl sites for hydroxylation is 1. The third-order valence-corrected chi connectivity index (χ3v) is 14.2. The minimum absolute atomic E-state index is 0. The van der Waals surface area contributed by atoms with Crippen molar-refractivity contribution in [1.29, 1.82) is 5.26 Å². The van der Waals surface area contributed by atoms with Crippen LogP contribution in [0.2, 0.25) is 0 Å². The van der Waals surface area contributed by atoms with Crippen LogP contribution in [0.3, 0.4) is 0 Å². The van der Waals surface area contributed by atoms with Crippen LogP contribution in [0.4, 0.5) is 11.4 Å². The fourth-order valence-corrected chi connectivity index (χ4v) is 9.61. The molecule has 0 amide bonds. The number of nitrogens with zero attached hydrogens (tertiary/aromatic N) is 3. The molecule has 0 unspecified atom stereocenters. The number of hydrogen-bond donors (Lipinski definition) is 3. The number of nitriles is 1. The van der Waals surface area contributed by atoms with Gasteiger partial charge in [-0.1, -0.05) is 86.3 Å². The van der Waals surface area contributed by atoms with Gasteiger partial charge in [-0.25, -0.2) is 4.79 Å². The van der Waals surface area contributed by atoms with Crippen molar-refractivity contribution in [2.75, 3.05) is 23.8 Å². The van der Waals surface area contributed by atoms with Crippen molar-refractivity contribution in [3.8, 4) is 6.07 Å². The van der Waals surface area contributed by atoms with Crippen molar-refractivity contribution in [3.63, 3.8) is 0 Å².